The van der Waals surface area contributed by atoms with Crippen molar-refractivity contribution in [1.82, 2.24) is 14.8 Å². The molecular weight excluding hydrogens is 242 g/mol. The molecule has 2 bridgehead atoms. The third-order valence-corrected chi connectivity index (χ3v) is 5.37. The van der Waals surface area contributed by atoms with Crippen LogP contribution in [0.1, 0.15) is 35.3 Å². The maximum Gasteiger partial charge on any atom is 0.219 e. The van der Waals surface area contributed by atoms with Gasteiger partial charge in [0.25, 0.3) is 0 Å². The van der Waals surface area contributed by atoms with Gasteiger partial charge in [-0.25, -0.2) is 0 Å². The molecular formula is C14H17N3O2. The van der Waals surface area contributed by atoms with Gasteiger partial charge in [-0.15, -0.1) is 0 Å². The molecule has 4 heterocycles. The zero-order valence-corrected chi connectivity index (χ0v) is 11.1. The fourth-order valence-electron chi connectivity index (χ4n) is 4.35. The summed E-state index contributed by atoms with van der Waals surface area (Å²) in [6.07, 6.45) is 4.74. The fourth-order valence-corrected chi connectivity index (χ4v) is 4.35. The Morgan fingerprint density at radius 1 is 1.47 bits per heavy atom. The van der Waals surface area contributed by atoms with E-state index in [0.717, 1.165) is 24.1 Å². The van der Waals surface area contributed by atoms with E-state index in [1.807, 2.05) is 24.3 Å². The van der Waals surface area contributed by atoms with Gasteiger partial charge in [-0.3, -0.25) is 14.5 Å². The van der Waals surface area contributed by atoms with Gasteiger partial charge in [-0.2, -0.15) is 0 Å². The van der Waals surface area contributed by atoms with Gasteiger partial charge < -0.3 is 9.88 Å². The highest BCUT2D eigenvalue weighted by Gasteiger charge is 2.64. The minimum atomic E-state index is -0.481. The van der Waals surface area contributed by atoms with Gasteiger partial charge in [0, 0.05) is 49.9 Å². The summed E-state index contributed by atoms with van der Waals surface area (Å²) in [5.41, 5.74) is 1.48. The van der Waals surface area contributed by atoms with Crippen molar-refractivity contribution in [2.45, 2.75) is 24.9 Å². The lowest BCUT2D eigenvalue weighted by Gasteiger charge is -2.40. The quantitative estimate of drug-likeness (QED) is 0.750. The topological polar surface area (TPSA) is 56.4 Å². The summed E-state index contributed by atoms with van der Waals surface area (Å²) in [7, 11) is 2.03. The van der Waals surface area contributed by atoms with Crippen molar-refractivity contribution in [3.63, 3.8) is 0 Å². The van der Waals surface area contributed by atoms with Gasteiger partial charge in [0.2, 0.25) is 5.91 Å². The van der Waals surface area contributed by atoms with Crippen molar-refractivity contribution in [2.75, 3.05) is 20.1 Å². The number of nitrogens with zero attached hydrogens (tertiary/aromatic N) is 2. The Labute approximate surface area is 111 Å². The van der Waals surface area contributed by atoms with Crippen LogP contribution in [-0.4, -0.2) is 52.2 Å². The third-order valence-electron chi connectivity index (χ3n) is 5.37. The third kappa shape index (κ3) is 1.10. The Bertz CT molecular complexity index is 593. The molecule has 0 aliphatic carbocycles. The minimum Gasteiger partial charge on any atom is -0.367 e. The number of hydrogen-bond acceptors (Lipinski definition) is 3. The summed E-state index contributed by atoms with van der Waals surface area (Å²) >= 11 is 0. The molecule has 0 saturated carbocycles. The molecule has 2 saturated heterocycles. The second-order valence-electron chi connectivity index (χ2n) is 6.04. The van der Waals surface area contributed by atoms with Crippen LogP contribution in [0.5, 0.6) is 0 Å². The second kappa shape index (κ2) is 3.28. The van der Waals surface area contributed by atoms with E-state index in [0.29, 0.717) is 12.6 Å². The molecule has 100 valence electrons. The molecule has 5 nitrogen and oxygen atoms in total. The van der Waals surface area contributed by atoms with Crippen LogP contribution in [0.3, 0.4) is 0 Å². The van der Waals surface area contributed by atoms with Crippen LogP contribution in [0.25, 0.3) is 0 Å². The summed E-state index contributed by atoms with van der Waals surface area (Å²) in [5.74, 6) is 0.529. The van der Waals surface area contributed by atoms with E-state index in [9.17, 15) is 9.59 Å². The van der Waals surface area contributed by atoms with E-state index < -0.39 is 5.54 Å². The first-order valence-corrected chi connectivity index (χ1v) is 6.75. The zero-order chi connectivity index (χ0) is 13.4. The molecule has 0 radical (unpaired) electrons. The SMILES string of the molecule is CC(=O)N1C[C@@H]2C[C@H]3c4c[nH]cc4C(=O)[C@]2(C1)N3C. The van der Waals surface area contributed by atoms with E-state index in [4.69, 9.17) is 0 Å². The number of aromatic nitrogens is 1. The van der Waals surface area contributed by atoms with Gasteiger partial charge in [0.05, 0.1) is 0 Å². The van der Waals surface area contributed by atoms with E-state index >= 15 is 0 Å². The van der Waals surface area contributed by atoms with Gasteiger partial charge in [0.15, 0.2) is 5.78 Å². The predicted octanol–water partition coefficient (Wildman–Crippen LogP) is 0.805. The molecule has 0 unspecified atom stereocenters. The van der Waals surface area contributed by atoms with Crippen LogP contribution >= 0.6 is 0 Å². The number of nitrogens with one attached hydrogen (secondary N) is 1. The fraction of sp³-hybridized carbons (Fsp3) is 0.571. The number of likely N-dealkylation sites (tertiary alicyclic amines) is 1. The maximum absolute atomic E-state index is 12.9. The van der Waals surface area contributed by atoms with Crippen molar-refractivity contribution in [2.24, 2.45) is 5.92 Å². The predicted molar refractivity (Wildman–Crippen MR) is 68.7 cm³/mol. The molecule has 3 aliphatic heterocycles. The number of carbonyl (C=O) groups excluding carboxylic acids is 2. The average Bonchev–Trinajstić information content (AvgIpc) is 3.01. The number of amides is 1. The van der Waals surface area contributed by atoms with E-state index in [1.54, 1.807) is 6.92 Å². The van der Waals surface area contributed by atoms with Gasteiger partial charge in [-0.1, -0.05) is 0 Å². The monoisotopic (exact) mass is 259 g/mol. The molecule has 1 aromatic rings. The number of H-pyrrole nitrogens is 1. The highest BCUT2D eigenvalue weighted by molar-refractivity contribution is 6.07. The van der Waals surface area contributed by atoms with E-state index in [1.165, 1.54) is 0 Å². The number of fused-ring (bicyclic) bond motifs is 3. The summed E-state index contributed by atoms with van der Waals surface area (Å²) in [6.45, 7) is 2.85. The molecule has 19 heavy (non-hydrogen) atoms. The Morgan fingerprint density at radius 3 is 3.00 bits per heavy atom. The molecule has 1 N–H and O–H groups in total. The molecule has 3 aliphatic rings. The Kier molecular flexibility index (Phi) is 1.94. The number of likely N-dealkylation sites (N-methyl/N-ethyl adjacent to an activating group) is 1. The Morgan fingerprint density at radius 2 is 2.26 bits per heavy atom. The lowest BCUT2D eigenvalue weighted by atomic mass is 9.81. The molecule has 0 aromatic carbocycles. The summed E-state index contributed by atoms with van der Waals surface area (Å²) in [4.78, 5) is 31.6. The normalized spacial score (nSPS) is 36.5. The lowest BCUT2D eigenvalue weighted by Crippen LogP contribution is -2.57. The summed E-state index contributed by atoms with van der Waals surface area (Å²) < 4.78 is 0. The average molecular weight is 259 g/mol. The minimum absolute atomic E-state index is 0.0707. The van der Waals surface area contributed by atoms with Crippen LogP contribution in [0, 0.1) is 5.92 Å². The number of carbonyl (C=O) groups is 2. The Hall–Kier alpha value is -1.62. The smallest absolute Gasteiger partial charge is 0.219 e. The van der Waals surface area contributed by atoms with Crippen LogP contribution in [0.4, 0.5) is 0 Å². The van der Waals surface area contributed by atoms with Crippen molar-refractivity contribution >= 4 is 11.7 Å². The summed E-state index contributed by atoms with van der Waals surface area (Å²) in [5, 5.41) is 0. The molecule has 3 atom stereocenters. The van der Waals surface area contributed by atoms with Crippen LogP contribution in [0.2, 0.25) is 0 Å². The number of Topliss-reactive ketones (excluding diaryl/α,β-unsaturated/α-hetero) is 1. The lowest BCUT2D eigenvalue weighted by molar-refractivity contribution is -0.128. The molecule has 1 amide bonds. The van der Waals surface area contributed by atoms with E-state index in [-0.39, 0.29) is 17.6 Å². The number of rotatable bonds is 0. The number of aromatic amines is 1. The zero-order valence-electron chi connectivity index (χ0n) is 11.1. The molecule has 2 fully saturated rings. The largest absolute Gasteiger partial charge is 0.367 e. The first-order chi connectivity index (χ1) is 9.05. The van der Waals surface area contributed by atoms with Gasteiger partial charge in [-0.05, 0) is 19.0 Å². The van der Waals surface area contributed by atoms with Crippen LogP contribution < -0.4 is 0 Å². The molecule has 1 spiro atoms. The van der Waals surface area contributed by atoms with Crippen molar-refractivity contribution in [1.29, 1.82) is 0 Å². The highest BCUT2D eigenvalue weighted by atomic mass is 16.2. The first kappa shape index (κ1) is 11.2. The second-order valence-corrected chi connectivity index (χ2v) is 6.04. The van der Waals surface area contributed by atoms with Crippen LogP contribution in [0.15, 0.2) is 12.4 Å². The van der Waals surface area contributed by atoms with Crippen LogP contribution in [-0.2, 0) is 4.79 Å². The number of ketones is 1. The first-order valence-electron chi connectivity index (χ1n) is 6.75. The Balaban J connectivity index is 1.86. The summed E-state index contributed by atoms with van der Waals surface area (Å²) in [6, 6.07) is 0.318. The molecule has 5 heteroatoms. The number of hydrogen-bond donors (Lipinski definition) is 1. The van der Waals surface area contributed by atoms with Gasteiger partial charge >= 0.3 is 0 Å². The van der Waals surface area contributed by atoms with E-state index in [2.05, 4.69) is 9.88 Å². The molecule has 1 aromatic heterocycles. The maximum atomic E-state index is 12.9. The van der Waals surface area contributed by atoms with Gasteiger partial charge in [0.1, 0.15) is 5.54 Å². The standard InChI is InChI=1S/C14H17N3O2/c1-8(18)17-6-9-3-12-10-4-15-5-11(10)13(19)14(9,7-17)16(12)2/h4-5,9,12,15H,3,6-7H2,1-2H3/t9-,12-,14+/m0/s1. The highest BCUT2D eigenvalue weighted by Crippen LogP contribution is 2.54. The van der Waals surface area contributed by atoms with Crippen molar-refractivity contribution < 1.29 is 9.59 Å². The van der Waals surface area contributed by atoms with Crippen molar-refractivity contribution in [3.05, 3.63) is 23.5 Å². The molecule has 4 rings (SSSR count). The van der Waals surface area contributed by atoms with Crippen molar-refractivity contribution in [3.8, 4) is 0 Å².